The van der Waals surface area contributed by atoms with Crippen molar-refractivity contribution >= 4 is 67.6 Å². The van der Waals surface area contributed by atoms with E-state index in [1.165, 1.54) is 7.11 Å². The van der Waals surface area contributed by atoms with Gasteiger partial charge in [0, 0.05) is 40.1 Å². The third-order valence-electron chi connectivity index (χ3n) is 13.3. The molecular formula is C50H51N3O12S3. The number of nitrogens with zero attached hydrogens (tertiary/aromatic N) is 2. The van der Waals surface area contributed by atoms with E-state index in [4.69, 9.17) is 18.4 Å². The van der Waals surface area contributed by atoms with Crippen LogP contribution >= 0.6 is 12.6 Å². The number of fused-ring (bicyclic) bond motifs is 8. The number of nitrogens with one attached hydrogen (secondary N) is 1. The average molecular weight is 982 g/mol. The second kappa shape index (κ2) is 17.9. The molecule has 2 N–H and O–H groups in total. The fraction of sp³-hybridized carbons (Fsp3) is 0.340. The second-order valence-corrected chi connectivity index (χ2v) is 22.9. The van der Waals surface area contributed by atoms with Gasteiger partial charge < -0.3 is 29.3 Å². The summed E-state index contributed by atoms with van der Waals surface area (Å²) in [6.45, 7) is 5.09. The highest BCUT2D eigenvalue weighted by atomic mass is 32.2. The molecule has 0 aromatic heterocycles. The molecule has 0 fully saturated rings. The SMILES string of the molecule is COc1cc2c(cc1OCc1cc(COc3cc4c(cc3C)C(=O)N3c5ccccc5C[C@H]3C(S(=O)(=O)OC)C4)cc(NC(=O)C(C)(C)S)c1)CC(CS(=O)(=O)O)[C@@H]1Cc3ccccc3N1C2=O. The average Bonchev–Trinajstić information content (AvgIpc) is 3.81. The molecule has 4 aliphatic rings. The van der Waals surface area contributed by atoms with Crippen LogP contribution in [0.15, 0.2) is 91.0 Å². The van der Waals surface area contributed by atoms with Gasteiger partial charge in [-0.2, -0.15) is 29.5 Å². The van der Waals surface area contributed by atoms with E-state index in [0.717, 1.165) is 18.2 Å². The van der Waals surface area contributed by atoms with Gasteiger partial charge in [0.05, 0.1) is 30.8 Å². The smallest absolute Gasteiger partial charge is 0.272 e. The van der Waals surface area contributed by atoms with Crippen LogP contribution in [0.1, 0.15) is 73.5 Å². The number of para-hydroxylation sites is 2. The molecule has 3 amide bonds. The second-order valence-electron chi connectivity index (χ2n) is 18.3. The molecule has 4 aliphatic heterocycles. The number of hydrogen-bond donors (Lipinski definition) is 3. The predicted octanol–water partition coefficient (Wildman–Crippen LogP) is 6.91. The molecular weight excluding hydrogens is 931 g/mol. The minimum Gasteiger partial charge on any atom is -0.493 e. The Bertz CT molecular complexity index is 3120. The first kappa shape index (κ1) is 47.2. The number of carbonyl (C=O) groups is 3. The fourth-order valence-electron chi connectivity index (χ4n) is 10.0. The van der Waals surface area contributed by atoms with Gasteiger partial charge in [0.1, 0.15) is 24.2 Å². The number of thiol groups is 1. The van der Waals surface area contributed by atoms with E-state index in [-0.39, 0.29) is 55.3 Å². The van der Waals surface area contributed by atoms with Crippen molar-refractivity contribution in [3.8, 4) is 17.2 Å². The highest BCUT2D eigenvalue weighted by Gasteiger charge is 2.48. The van der Waals surface area contributed by atoms with Gasteiger partial charge in [0.2, 0.25) is 5.91 Å². The summed E-state index contributed by atoms with van der Waals surface area (Å²) in [7, 11) is -5.93. The Labute approximate surface area is 401 Å². The predicted molar refractivity (Wildman–Crippen MR) is 259 cm³/mol. The first-order chi connectivity index (χ1) is 32.2. The first-order valence-corrected chi connectivity index (χ1v) is 25.6. The zero-order valence-electron chi connectivity index (χ0n) is 38.0. The Kier molecular flexibility index (Phi) is 12.4. The van der Waals surface area contributed by atoms with Crippen LogP contribution in [0, 0.1) is 12.8 Å². The molecule has 15 nitrogen and oxygen atoms in total. The summed E-state index contributed by atoms with van der Waals surface area (Å²) in [6, 6.07) is 25.7. The van der Waals surface area contributed by atoms with Crippen molar-refractivity contribution < 1.29 is 54.2 Å². The maximum absolute atomic E-state index is 14.3. The van der Waals surface area contributed by atoms with Gasteiger partial charge in [-0.3, -0.25) is 23.1 Å². The summed E-state index contributed by atoms with van der Waals surface area (Å²) in [5.74, 6) is -1.19. The molecule has 5 aromatic carbocycles. The molecule has 0 bridgehead atoms. The van der Waals surface area contributed by atoms with Crippen LogP contribution in [-0.2, 0) is 68.1 Å². The number of hydrogen-bond acceptors (Lipinski definition) is 12. The third-order valence-corrected chi connectivity index (χ3v) is 16.0. The number of ether oxygens (including phenoxy) is 3. The van der Waals surface area contributed by atoms with Crippen molar-refractivity contribution in [2.75, 3.05) is 35.1 Å². The topological polar surface area (TPSA) is 195 Å². The van der Waals surface area contributed by atoms with Gasteiger partial charge in [0.15, 0.2) is 11.5 Å². The highest BCUT2D eigenvalue weighted by molar-refractivity contribution is 7.87. The quantitative estimate of drug-likeness (QED) is 0.0628. The number of carbonyl (C=O) groups excluding carboxylic acids is 3. The number of benzene rings is 5. The van der Waals surface area contributed by atoms with Crippen LogP contribution < -0.4 is 29.3 Å². The number of methoxy groups -OCH3 is 1. The molecule has 356 valence electrons. The van der Waals surface area contributed by atoms with Gasteiger partial charge in [0.25, 0.3) is 32.1 Å². The van der Waals surface area contributed by atoms with E-state index in [1.807, 2.05) is 61.5 Å². The van der Waals surface area contributed by atoms with Crippen molar-refractivity contribution in [2.24, 2.45) is 5.92 Å². The molecule has 0 saturated carbocycles. The number of anilines is 3. The summed E-state index contributed by atoms with van der Waals surface area (Å²) in [5.41, 5.74) is 7.23. The molecule has 0 aliphatic carbocycles. The van der Waals surface area contributed by atoms with Crippen LogP contribution in [0.4, 0.5) is 17.1 Å². The standard InChI is InChI=1S/C50H51N3O12S3/c1-28-14-37-34(23-46(68(60,61)63-5)42-20-32-11-7-9-13-40(32)53(42)47(37)54)21-43(28)64-25-29-15-30(17-36(16-29)51-49(56)50(2,3)66)26-65-45-22-33-18-35(27-67(57,58)59)41-19-31-10-6-8-12-39(31)52(41)48(55)38(33)24-44(45)62-4/h6-17,21-22,24,35,41-42,46,66H,18-20,23,25-27H2,1-5H3,(H,51,56)(H,57,58,59)/t35?,41-,42-,46?/m0/s1. The first-order valence-electron chi connectivity index (χ1n) is 22.1. The van der Waals surface area contributed by atoms with Crippen LogP contribution in [0.3, 0.4) is 0 Å². The van der Waals surface area contributed by atoms with Gasteiger partial charge >= 0.3 is 0 Å². The van der Waals surface area contributed by atoms with Crippen molar-refractivity contribution in [1.29, 1.82) is 0 Å². The molecule has 18 heteroatoms. The molecule has 5 aromatic rings. The molecule has 0 saturated heterocycles. The Morgan fingerprint density at radius 3 is 1.85 bits per heavy atom. The van der Waals surface area contributed by atoms with Crippen molar-refractivity contribution in [2.45, 2.75) is 81.7 Å². The largest absolute Gasteiger partial charge is 0.493 e. The van der Waals surface area contributed by atoms with E-state index >= 15 is 0 Å². The minimum absolute atomic E-state index is 0.00327. The lowest BCUT2D eigenvalue weighted by atomic mass is 9.91. The van der Waals surface area contributed by atoms with Crippen LogP contribution in [0.2, 0.25) is 0 Å². The number of aryl methyl sites for hydroxylation is 1. The number of rotatable bonds is 13. The zero-order valence-corrected chi connectivity index (χ0v) is 40.5. The summed E-state index contributed by atoms with van der Waals surface area (Å²) in [6.07, 6.45) is 0.962. The van der Waals surface area contributed by atoms with Gasteiger partial charge in [-0.1, -0.05) is 36.4 Å². The van der Waals surface area contributed by atoms with Crippen LogP contribution in [0.25, 0.3) is 0 Å². The Balaban J connectivity index is 1.01. The van der Waals surface area contributed by atoms with Gasteiger partial charge in [-0.15, -0.1) is 0 Å². The zero-order chi connectivity index (χ0) is 48.4. The van der Waals surface area contributed by atoms with E-state index < -0.39 is 54.0 Å². The maximum atomic E-state index is 14.3. The highest BCUT2D eigenvalue weighted by Crippen LogP contribution is 2.44. The van der Waals surface area contributed by atoms with E-state index in [2.05, 4.69) is 17.9 Å². The van der Waals surface area contributed by atoms with Crippen LogP contribution in [0.5, 0.6) is 17.2 Å². The lowest BCUT2D eigenvalue weighted by Crippen LogP contribution is -2.47. The molecule has 0 spiro atoms. The Morgan fingerprint density at radius 2 is 1.26 bits per heavy atom. The van der Waals surface area contributed by atoms with Gasteiger partial charge in [-0.25, -0.2) is 0 Å². The molecule has 4 atom stereocenters. The molecule has 68 heavy (non-hydrogen) atoms. The Morgan fingerprint density at radius 1 is 0.721 bits per heavy atom. The van der Waals surface area contributed by atoms with Crippen molar-refractivity contribution in [1.82, 2.24) is 0 Å². The molecule has 4 heterocycles. The lowest BCUT2D eigenvalue weighted by molar-refractivity contribution is -0.117. The summed E-state index contributed by atoms with van der Waals surface area (Å²) < 4.78 is 84.4. The van der Waals surface area contributed by atoms with E-state index in [0.29, 0.717) is 74.6 Å². The van der Waals surface area contributed by atoms with E-state index in [9.17, 15) is 35.8 Å². The summed E-state index contributed by atoms with van der Waals surface area (Å²) in [5, 5.41) is 1.88. The van der Waals surface area contributed by atoms with Crippen molar-refractivity contribution in [3.05, 3.63) is 141 Å². The monoisotopic (exact) mass is 981 g/mol. The Hall–Kier alpha value is -5.92. The fourth-order valence-corrected chi connectivity index (χ4v) is 12.2. The maximum Gasteiger partial charge on any atom is 0.272 e. The number of amides is 3. The normalized spacial score (nSPS) is 19.7. The molecule has 2 unspecified atom stereocenters. The molecule has 0 radical (unpaired) electrons. The van der Waals surface area contributed by atoms with Crippen molar-refractivity contribution in [3.63, 3.8) is 0 Å². The summed E-state index contributed by atoms with van der Waals surface area (Å²) in [4.78, 5) is 45.1. The van der Waals surface area contributed by atoms with Crippen LogP contribution in [-0.4, -0.2) is 81.2 Å². The van der Waals surface area contributed by atoms with E-state index in [1.54, 1.807) is 60.0 Å². The van der Waals surface area contributed by atoms with Gasteiger partial charge in [-0.05, 0) is 140 Å². The minimum atomic E-state index is -4.42. The molecule has 9 rings (SSSR count). The lowest BCUT2D eigenvalue weighted by Gasteiger charge is -2.28. The third kappa shape index (κ3) is 9.07. The summed E-state index contributed by atoms with van der Waals surface area (Å²) >= 11 is 4.46.